The lowest BCUT2D eigenvalue weighted by Gasteiger charge is -2.07. The van der Waals surface area contributed by atoms with Crippen LogP contribution < -0.4 is 5.73 Å². The van der Waals surface area contributed by atoms with Gasteiger partial charge in [-0.2, -0.15) is 5.10 Å². The minimum Gasteiger partial charge on any atom is -0.465 e. The number of esters is 1. The maximum atomic E-state index is 11.4. The second kappa shape index (κ2) is 5.36. The lowest BCUT2D eigenvalue weighted by molar-refractivity contribution is 0.0600. The summed E-state index contributed by atoms with van der Waals surface area (Å²) in [5.41, 5.74) is 7.91. The molecular weight excluding hydrogens is 262 g/mol. The van der Waals surface area contributed by atoms with Gasteiger partial charge in [0.2, 0.25) is 0 Å². The highest BCUT2D eigenvalue weighted by atomic mass is 32.2. The van der Waals surface area contributed by atoms with E-state index in [-0.39, 0.29) is 5.97 Å². The fraction of sp³-hybridized carbons (Fsp3) is 0.231. The summed E-state index contributed by atoms with van der Waals surface area (Å²) in [4.78, 5) is 12.3. The smallest absolute Gasteiger partial charge is 0.337 e. The molecule has 2 rings (SSSR count). The molecule has 0 saturated carbocycles. The minimum absolute atomic E-state index is 0.389. The van der Waals surface area contributed by atoms with Gasteiger partial charge in [0.1, 0.15) is 0 Å². The van der Waals surface area contributed by atoms with Crippen LogP contribution in [0, 0.1) is 6.92 Å². The molecule has 2 N–H and O–H groups in total. The molecule has 0 fully saturated rings. The average Bonchev–Trinajstić information content (AvgIpc) is 2.69. The van der Waals surface area contributed by atoms with Crippen LogP contribution in [-0.4, -0.2) is 22.9 Å². The normalized spacial score (nSPS) is 10.5. The maximum absolute atomic E-state index is 11.4. The highest BCUT2D eigenvalue weighted by molar-refractivity contribution is 7.99. The van der Waals surface area contributed by atoms with E-state index in [0.717, 1.165) is 15.6 Å². The number of aryl methyl sites for hydroxylation is 2. The van der Waals surface area contributed by atoms with Crippen LogP contribution >= 0.6 is 11.8 Å². The van der Waals surface area contributed by atoms with Crippen LogP contribution in [0.5, 0.6) is 0 Å². The van der Waals surface area contributed by atoms with Crippen molar-refractivity contribution in [3.8, 4) is 0 Å². The van der Waals surface area contributed by atoms with E-state index < -0.39 is 0 Å². The number of nitrogen functional groups attached to an aromatic ring is 1. The molecule has 0 radical (unpaired) electrons. The van der Waals surface area contributed by atoms with Crippen molar-refractivity contribution in [2.24, 2.45) is 7.05 Å². The first-order chi connectivity index (χ1) is 9.01. The van der Waals surface area contributed by atoms with Gasteiger partial charge in [-0.15, -0.1) is 0 Å². The molecule has 1 aromatic heterocycles. The SMILES string of the molecule is COC(=O)c1ccc(Sc2cc(C)nn2C)c(N)c1. The van der Waals surface area contributed by atoms with E-state index in [0.29, 0.717) is 11.3 Å². The minimum atomic E-state index is -0.389. The van der Waals surface area contributed by atoms with Crippen LogP contribution in [0.3, 0.4) is 0 Å². The molecule has 0 amide bonds. The van der Waals surface area contributed by atoms with Gasteiger partial charge in [-0.05, 0) is 31.2 Å². The van der Waals surface area contributed by atoms with Crippen molar-refractivity contribution < 1.29 is 9.53 Å². The Hall–Kier alpha value is -1.95. The number of methoxy groups -OCH3 is 1. The molecule has 2 aromatic rings. The van der Waals surface area contributed by atoms with Gasteiger partial charge in [0.05, 0.1) is 23.4 Å². The fourth-order valence-corrected chi connectivity index (χ4v) is 2.62. The van der Waals surface area contributed by atoms with Crippen molar-refractivity contribution >= 4 is 23.4 Å². The van der Waals surface area contributed by atoms with E-state index in [1.807, 2.05) is 26.1 Å². The van der Waals surface area contributed by atoms with Gasteiger partial charge in [-0.25, -0.2) is 4.79 Å². The molecule has 0 unspecified atom stereocenters. The van der Waals surface area contributed by atoms with Gasteiger partial charge in [0.25, 0.3) is 0 Å². The van der Waals surface area contributed by atoms with Crippen molar-refractivity contribution in [3.05, 3.63) is 35.5 Å². The van der Waals surface area contributed by atoms with Crippen LogP contribution in [0.4, 0.5) is 5.69 Å². The maximum Gasteiger partial charge on any atom is 0.337 e. The van der Waals surface area contributed by atoms with Crippen LogP contribution in [0.25, 0.3) is 0 Å². The zero-order chi connectivity index (χ0) is 14.0. The molecule has 0 bridgehead atoms. The van der Waals surface area contributed by atoms with Crippen LogP contribution in [-0.2, 0) is 11.8 Å². The van der Waals surface area contributed by atoms with Crippen molar-refractivity contribution in [2.45, 2.75) is 16.8 Å². The summed E-state index contributed by atoms with van der Waals surface area (Å²) in [6.07, 6.45) is 0. The predicted octanol–water partition coefficient (Wildman–Crippen LogP) is 2.25. The summed E-state index contributed by atoms with van der Waals surface area (Å²) in [6.45, 7) is 1.94. The third-order valence-electron chi connectivity index (χ3n) is 2.60. The Balaban J connectivity index is 2.27. The summed E-state index contributed by atoms with van der Waals surface area (Å²) < 4.78 is 6.46. The van der Waals surface area contributed by atoms with E-state index in [1.54, 1.807) is 16.8 Å². The topological polar surface area (TPSA) is 70.1 Å². The molecule has 0 atom stereocenters. The summed E-state index contributed by atoms with van der Waals surface area (Å²) >= 11 is 1.51. The zero-order valence-electron chi connectivity index (χ0n) is 11.0. The number of nitrogens with two attached hydrogens (primary N) is 1. The number of ether oxygens (including phenoxy) is 1. The van der Waals surface area contributed by atoms with Crippen molar-refractivity contribution in [1.82, 2.24) is 9.78 Å². The lowest BCUT2D eigenvalue weighted by Crippen LogP contribution is -2.02. The second-order valence-electron chi connectivity index (χ2n) is 4.09. The predicted molar refractivity (Wildman–Crippen MR) is 74.3 cm³/mol. The molecule has 0 aliphatic heterocycles. The first-order valence-corrected chi connectivity index (χ1v) is 6.49. The summed E-state index contributed by atoms with van der Waals surface area (Å²) in [7, 11) is 3.23. The second-order valence-corrected chi connectivity index (χ2v) is 5.16. The van der Waals surface area contributed by atoms with Crippen molar-refractivity contribution in [3.63, 3.8) is 0 Å². The van der Waals surface area contributed by atoms with E-state index >= 15 is 0 Å². The van der Waals surface area contributed by atoms with Crippen LogP contribution in [0.15, 0.2) is 34.2 Å². The number of rotatable bonds is 3. The Morgan fingerprint density at radius 3 is 2.68 bits per heavy atom. The van der Waals surface area contributed by atoms with Gasteiger partial charge in [0.15, 0.2) is 0 Å². The molecule has 1 aromatic carbocycles. The van der Waals surface area contributed by atoms with Crippen LogP contribution in [0.2, 0.25) is 0 Å². The molecule has 0 aliphatic carbocycles. The number of carbonyl (C=O) groups excluding carboxylic acids is 1. The van der Waals surface area contributed by atoms with Gasteiger partial charge in [-0.1, -0.05) is 11.8 Å². The summed E-state index contributed by atoms with van der Waals surface area (Å²) in [5, 5.41) is 5.27. The van der Waals surface area contributed by atoms with Gasteiger partial charge in [0, 0.05) is 17.6 Å². The van der Waals surface area contributed by atoms with Crippen LogP contribution in [0.1, 0.15) is 16.1 Å². The number of carbonyl (C=O) groups is 1. The molecule has 6 heteroatoms. The highest BCUT2D eigenvalue weighted by Gasteiger charge is 2.11. The monoisotopic (exact) mass is 277 g/mol. The summed E-state index contributed by atoms with van der Waals surface area (Å²) in [6, 6.07) is 7.12. The van der Waals surface area contributed by atoms with Crippen molar-refractivity contribution in [2.75, 3.05) is 12.8 Å². The molecule has 100 valence electrons. The zero-order valence-corrected chi connectivity index (χ0v) is 11.8. The average molecular weight is 277 g/mol. The van der Waals surface area contributed by atoms with Gasteiger partial charge in [-0.3, -0.25) is 4.68 Å². The highest BCUT2D eigenvalue weighted by Crippen LogP contribution is 2.32. The number of hydrogen-bond acceptors (Lipinski definition) is 5. The Morgan fingerprint density at radius 2 is 2.16 bits per heavy atom. The molecular formula is C13H15N3O2S. The molecule has 0 aliphatic rings. The molecule has 0 saturated heterocycles. The van der Waals surface area contributed by atoms with E-state index in [2.05, 4.69) is 9.84 Å². The van der Waals surface area contributed by atoms with E-state index in [9.17, 15) is 4.79 Å². The Morgan fingerprint density at radius 1 is 1.42 bits per heavy atom. The molecule has 19 heavy (non-hydrogen) atoms. The van der Waals surface area contributed by atoms with E-state index in [1.165, 1.54) is 18.9 Å². The fourth-order valence-electron chi connectivity index (χ4n) is 1.68. The number of nitrogens with zero attached hydrogens (tertiary/aromatic N) is 2. The third-order valence-corrected chi connectivity index (χ3v) is 3.79. The quantitative estimate of drug-likeness (QED) is 0.688. The standard InChI is InChI=1S/C13H15N3O2S/c1-8-6-12(16(2)15-8)19-11-5-4-9(7-10(11)14)13(17)18-3/h4-7H,14H2,1-3H3. The van der Waals surface area contributed by atoms with E-state index in [4.69, 9.17) is 5.73 Å². The largest absolute Gasteiger partial charge is 0.465 e. The third kappa shape index (κ3) is 2.90. The number of benzene rings is 1. The number of hydrogen-bond donors (Lipinski definition) is 1. The number of aromatic nitrogens is 2. The van der Waals surface area contributed by atoms with Gasteiger partial charge < -0.3 is 10.5 Å². The molecule has 0 spiro atoms. The molecule has 5 nitrogen and oxygen atoms in total. The van der Waals surface area contributed by atoms with Gasteiger partial charge >= 0.3 is 5.97 Å². The number of anilines is 1. The lowest BCUT2D eigenvalue weighted by atomic mass is 10.2. The Labute approximate surface area is 115 Å². The first kappa shape index (κ1) is 13.5. The summed E-state index contributed by atoms with van der Waals surface area (Å²) in [5.74, 6) is -0.389. The Kier molecular flexibility index (Phi) is 3.80. The van der Waals surface area contributed by atoms with Crippen molar-refractivity contribution in [1.29, 1.82) is 0 Å². The first-order valence-electron chi connectivity index (χ1n) is 5.67. The Bertz CT molecular complexity index is 622. The molecule has 1 heterocycles.